The molecule has 0 aliphatic carbocycles. The van der Waals surface area contributed by atoms with Crippen molar-refractivity contribution in [2.75, 3.05) is 19.8 Å². The molecule has 0 saturated carbocycles. The molecule has 0 spiro atoms. The summed E-state index contributed by atoms with van der Waals surface area (Å²) in [7, 11) is 0. The average molecular weight is 386 g/mol. The number of nitrogens with one attached hydrogen (secondary N) is 1. The van der Waals surface area contributed by atoms with Crippen LogP contribution in [0.5, 0.6) is 5.75 Å². The fourth-order valence-corrected chi connectivity index (χ4v) is 3.70. The number of fused-ring (bicyclic) bond motifs is 1. The lowest BCUT2D eigenvalue weighted by molar-refractivity contribution is -0.0608. The Morgan fingerprint density at radius 1 is 1.32 bits per heavy atom. The molecule has 1 amide bonds. The van der Waals surface area contributed by atoms with E-state index >= 15 is 0 Å². The van der Waals surface area contributed by atoms with Crippen LogP contribution in [0.25, 0.3) is 0 Å². The summed E-state index contributed by atoms with van der Waals surface area (Å²) in [5.41, 5.74) is 3.52. The molecule has 1 fully saturated rings. The SMILES string of the molecule is Cc1noc(C)c1CO[C@@H]1CCOC[C@H]1NC(=O)c1ccc2c(c1)CCCO2. The maximum absolute atomic E-state index is 12.8. The summed E-state index contributed by atoms with van der Waals surface area (Å²) in [6.07, 6.45) is 2.53. The van der Waals surface area contributed by atoms with E-state index in [1.807, 2.05) is 32.0 Å². The molecule has 1 aromatic carbocycles. The largest absolute Gasteiger partial charge is 0.493 e. The highest BCUT2D eigenvalue weighted by atomic mass is 16.5. The quantitative estimate of drug-likeness (QED) is 0.851. The van der Waals surface area contributed by atoms with Gasteiger partial charge in [-0.1, -0.05) is 5.16 Å². The lowest BCUT2D eigenvalue weighted by Gasteiger charge is -2.32. The number of aryl methyl sites for hydroxylation is 3. The standard InChI is InChI=1S/C21H26N2O5/c1-13-17(14(2)28-23-13)11-27-20-7-9-25-12-18(20)22-21(24)16-5-6-19-15(10-16)4-3-8-26-19/h5-6,10,18,20H,3-4,7-9,11-12H2,1-2H3,(H,22,24)/t18-,20-/m1/s1. The topological polar surface area (TPSA) is 82.8 Å². The molecule has 2 aliphatic heterocycles. The van der Waals surface area contributed by atoms with Crippen molar-refractivity contribution in [1.29, 1.82) is 0 Å². The molecule has 7 heteroatoms. The fourth-order valence-electron chi connectivity index (χ4n) is 3.70. The van der Waals surface area contributed by atoms with E-state index in [1.54, 1.807) is 0 Å². The molecule has 4 rings (SSSR count). The summed E-state index contributed by atoms with van der Waals surface area (Å²) >= 11 is 0. The molecule has 2 aromatic rings. The van der Waals surface area contributed by atoms with Crippen molar-refractivity contribution < 1.29 is 23.5 Å². The fraction of sp³-hybridized carbons (Fsp3) is 0.524. The number of benzene rings is 1. The lowest BCUT2D eigenvalue weighted by Crippen LogP contribution is -2.50. The number of amides is 1. The molecule has 3 heterocycles. The Hall–Kier alpha value is -2.38. The van der Waals surface area contributed by atoms with E-state index in [9.17, 15) is 4.79 Å². The minimum Gasteiger partial charge on any atom is -0.493 e. The molecule has 2 atom stereocenters. The van der Waals surface area contributed by atoms with Crippen LogP contribution in [-0.4, -0.2) is 43.0 Å². The van der Waals surface area contributed by atoms with Crippen molar-refractivity contribution in [2.24, 2.45) is 0 Å². The Kier molecular flexibility index (Phi) is 5.64. The smallest absolute Gasteiger partial charge is 0.251 e. The van der Waals surface area contributed by atoms with Gasteiger partial charge in [-0.2, -0.15) is 0 Å². The van der Waals surface area contributed by atoms with E-state index in [2.05, 4.69) is 10.5 Å². The second kappa shape index (κ2) is 8.32. The summed E-state index contributed by atoms with van der Waals surface area (Å²) in [6, 6.07) is 5.41. The first kappa shape index (κ1) is 19.0. The third-order valence-corrected chi connectivity index (χ3v) is 5.40. The molecule has 1 N–H and O–H groups in total. The number of hydrogen-bond acceptors (Lipinski definition) is 6. The van der Waals surface area contributed by atoms with Gasteiger partial charge >= 0.3 is 0 Å². The van der Waals surface area contributed by atoms with Crippen LogP contribution in [0.4, 0.5) is 0 Å². The molecule has 0 radical (unpaired) electrons. The molecule has 0 unspecified atom stereocenters. The first-order chi connectivity index (χ1) is 13.6. The average Bonchev–Trinajstić information content (AvgIpc) is 3.04. The van der Waals surface area contributed by atoms with Gasteiger partial charge in [0.2, 0.25) is 0 Å². The van der Waals surface area contributed by atoms with Crippen molar-refractivity contribution >= 4 is 5.91 Å². The Morgan fingerprint density at radius 2 is 2.21 bits per heavy atom. The molecular weight excluding hydrogens is 360 g/mol. The molecular formula is C21H26N2O5. The molecule has 0 bridgehead atoms. The molecule has 150 valence electrons. The van der Waals surface area contributed by atoms with Gasteiger partial charge in [-0.25, -0.2) is 0 Å². The van der Waals surface area contributed by atoms with Crippen LogP contribution >= 0.6 is 0 Å². The number of ether oxygens (including phenoxy) is 3. The van der Waals surface area contributed by atoms with E-state index in [-0.39, 0.29) is 18.1 Å². The third-order valence-electron chi connectivity index (χ3n) is 5.40. The van der Waals surface area contributed by atoms with Crippen molar-refractivity contribution in [2.45, 2.75) is 51.9 Å². The monoisotopic (exact) mass is 386 g/mol. The second-order valence-corrected chi connectivity index (χ2v) is 7.37. The number of rotatable bonds is 5. The van der Waals surface area contributed by atoms with Gasteiger partial charge in [0.05, 0.1) is 37.7 Å². The summed E-state index contributed by atoms with van der Waals surface area (Å²) in [5, 5.41) is 7.05. The molecule has 7 nitrogen and oxygen atoms in total. The summed E-state index contributed by atoms with van der Waals surface area (Å²) in [4.78, 5) is 12.8. The highest BCUT2D eigenvalue weighted by molar-refractivity contribution is 5.94. The van der Waals surface area contributed by atoms with Crippen LogP contribution < -0.4 is 10.1 Å². The highest BCUT2D eigenvalue weighted by Gasteiger charge is 2.29. The lowest BCUT2D eigenvalue weighted by atomic mass is 10.0. The minimum absolute atomic E-state index is 0.116. The van der Waals surface area contributed by atoms with Crippen LogP contribution in [0.1, 0.15) is 45.8 Å². The van der Waals surface area contributed by atoms with Crippen LogP contribution in [0.2, 0.25) is 0 Å². The number of hydrogen-bond donors (Lipinski definition) is 1. The summed E-state index contributed by atoms with van der Waals surface area (Å²) in [6.45, 7) is 5.98. The van der Waals surface area contributed by atoms with Gasteiger partial charge in [-0.3, -0.25) is 4.79 Å². The van der Waals surface area contributed by atoms with Crippen LogP contribution in [0.15, 0.2) is 22.7 Å². The zero-order valence-corrected chi connectivity index (χ0v) is 16.3. The molecule has 2 aliphatic rings. The Morgan fingerprint density at radius 3 is 3.04 bits per heavy atom. The van der Waals surface area contributed by atoms with Crippen molar-refractivity contribution in [3.63, 3.8) is 0 Å². The van der Waals surface area contributed by atoms with Gasteiger partial charge in [0.1, 0.15) is 11.5 Å². The van der Waals surface area contributed by atoms with Gasteiger partial charge < -0.3 is 24.1 Å². The predicted molar refractivity (Wildman–Crippen MR) is 102 cm³/mol. The van der Waals surface area contributed by atoms with Gasteiger partial charge in [0.15, 0.2) is 0 Å². The second-order valence-electron chi connectivity index (χ2n) is 7.37. The van der Waals surface area contributed by atoms with Crippen LogP contribution in [0, 0.1) is 13.8 Å². The van der Waals surface area contributed by atoms with E-state index < -0.39 is 0 Å². The van der Waals surface area contributed by atoms with E-state index in [1.165, 1.54) is 0 Å². The molecule has 1 saturated heterocycles. The highest BCUT2D eigenvalue weighted by Crippen LogP contribution is 2.26. The third kappa shape index (κ3) is 4.05. The minimum atomic E-state index is -0.200. The number of carbonyl (C=O) groups is 1. The zero-order valence-electron chi connectivity index (χ0n) is 16.3. The first-order valence-corrected chi connectivity index (χ1v) is 9.79. The number of aromatic nitrogens is 1. The van der Waals surface area contributed by atoms with Gasteiger partial charge in [0, 0.05) is 17.7 Å². The maximum atomic E-state index is 12.8. The Bertz CT molecular complexity index is 828. The van der Waals surface area contributed by atoms with E-state index in [4.69, 9.17) is 18.7 Å². The zero-order chi connectivity index (χ0) is 19.5. The summed E-state index contributed by atoms with van der Waals surface area (Å²) in [5.74, 6) is 1.53. The van der Waals surface area contributed by atoms with E-state index in [0.717, 1.165) is 54.2 Å². The van der Waals surface area contributed by atoms with E-state index in [0.29, 0.717) is 25.4 Å². The Balaban J connectivity index is 1.41. The van der Waals surface area contributed by atoms with Gasteiger partial charge in [0.25, 0.3) is 5.91 Å². The number of carbonyl (C=O) groups excluding carboxylic acids is 1. The van der Waals surface area contributed by atoms with Crippen molar-refractivity contribution in [1.82, 2.24) is 10.5 Å². The van der Waals surface area contributed by atoms with Gasteiger partial charge in [-0.05, 0) is 56.9 Å². The maximum Gasteiger partial charge on any atom is 0.251 e. The summed E-state index contributed by atoms with van der Waals surface area (Å²) < 4.78 is 22.5. The number of nitrogens with zero attached hydrogens (tertiary/aromatic N) is 1. The predicted octanol–water partition coefficient (Wildman–Crippen LogP) is 2.72. The normalized spacial score (nSPS) is 21.6. The first-order valence-electron chi connectivity index (χ1n) is 9.79. The van der Waals surface area contributed by atoms with Crippen molar-refractivity contribution in [3.8, 4) is 5.75 Å². The Labute approximate surface area is 164 Å². The van der Waals surface area contributed by atoms with Crippen molar-refractivity contribution in [3.05, 3.63) is 46.3 Å². The van der Waals surface area contributed by atoms with Gasteiger partial charge in [-0.15, -0.1) is 0 Å². The molecule has 1 aromatic heterocycles. The molecule has 28 heavy (non-hydrogen) atoms. The van der Waals surface area contributed by atoms with Crippen LogP contribution in [-0.2, 0) is 22.5 Å². The van der Waals surface area contributed by atoms with Crippen LogP contribution in [0.3, 0.4) is 0 Å².